The van der Waals surface area contributed by atoms with Crippen LogP contribution in [-0.4, -0.2) is 36.6 Å². The lowest BCUT2D eigenvalue weighted by Gasteiger charge is -2.07. The van der Waals surface area contributed by atoms with Gasteiger partial charge < -0.3 is 9.72 Å². The number of imidazole rings is 1. The van der Waals surface area contributed by atoms with Crippen molar-refractivity contribution < 1.29 is 13.6 Å². The number of aromatic amines is 1. The van der Waals surface area contributed by atoms with Crippen molar-refractivity contribution in [2.45, 2.75) is 12.6 Å². The highest BCUT2D eigenvalue weighted by atomic mass is 79.9. The number of amides is 1. The number of carbonyl (C=O) groups is 1. The summed E-state index contributed by atoms with van der Waals surface area (Å²) in [4.78, 5) is 20.5. The van der Waals surface area contributed by atoms with Crippen molar-refractivity contribution in [1.82, 2.24) is 24.6 Å². The number of carbonyl (C=O) groups excluding carboxylic acids is 1. The van der Waals surface area contributed by atoms with Crippen LogP contribution < -0.4 is 5.32 Å². The van der Waals surface area contributed by atoms with Crippen LogP contribution in [0.5, 0.6) is 0 Å². The maximum absolute atomic E-state index is 14.2. The molecule has 1 amide bonds. The number of halogens is 3. The molecule has 3 aromatic heterocycles. The van der Waals surface area contributed by atoms with Gasteiger partial charge in [-0.05, 0) is 22.4 Å². The molecule has 1 aliphatic carbocycles. The van der Waals surface area contributed by atoms with Gasteiger partial charge in [0.15, 0.2) is 11.5 Å². The second-order valence-corrected chi connectivity index (χ2v) is 7.18. The van der Waals surface area contributed by atoms with Crippen LogP contribution in [0.1, 0.15) is 6.42 Å². The van der Waals surface area contributed by atoms with Crippen LogP contribution >= 0.6 is 15.9 Å². The van der Waals surface area contributed by atoms with E-state index >= 15 is 0 Å². The number of aromatic nitrogens is 5. The average Bonchev–Trinajstić information content (AvgIpc) is 3.02. The second-order valence-electron chi connectivity index (χ2n) is 6.39. The van der Waals surface area contributed by atoms with Crippen LogP contribution in [0.2, 0.25) is 0 Å². The van der Waals surface area contributed by atoms with Gasteiger partial charge in [-0.1, -0.05) is 0 Å². The minimum absolute atomic E-state index is 0.249. The Morgan fingerprint density at radius 2 is 2.19 bits per heavy atom. The van der Waals surface area contributed by atoms with E-state index in [0.717, 1.165) is 0 Å². The number of fused-ring (bicyclic) bond motifs is 2. The van der Waals surface area contributed by atoms with Crippen molar-refractivity contribution in [1.29, 1.82) is 0 Å². The Kier molecular flexibility index (Phi) is 3.51. The van der Waals surface area contributed by atoms with Gasteiger partial charge in [0.25, 0.3) is 0 Å². The van der Waals surface area contributed by atoms with E-state index < -0.39 is 17.9 Å². The summed E-state index contributed by atoms with van der Waals surface area (Å²) in [5, 5.41) is 10.0. The minimum Gasteiger partial charge on any atom is -0.309 e. The molecule has 0 bridgehead atoms. The number of anilines is 1. The average molecular weight is 433 g/mol. The molecule has 2 atom stereocenters. The lowest BCUT2D eigenvalue weighted by molar-refractivity contribution is -0.117. The zero-order valence-corrected chi connectivity index (χ0v) is 15.2. The lowest BCUT2D eigenvalue weighted by atomic mass is 10.1. The van der Waals surface area contributed by atoms with Crippen molar-refractivity contribution >= 4 is 44.2 Å². The van der Waals surface area contributed by atoms with E-state index in [-0.39, 0.29) is 16.8 Å². The smallest absolute Gasteiger partial charge is 0.231 e. The molecule has 1 aliphatic rings. The molecule has 2 N–H and O–H groups in total. The molecule has 0 radical (unpaired) electrons. The van der Waals surface area contributed by atoms with Crippen LogP contribution in [0.25, 0.3) is 27.8 Å². The summed E-state index contributed by atoms with van der Waals surface area (Å²) < 4.78 is 29.2. The van der Waals surface area contributed by atoms with Crippen LogP contribution in [0.15, 0.2) is 35.3 Å². The predicted molar refractivity (Wildman–Crippen MR) is 97.4 cm³/mol. The van der Waals surface area contributed by atoms with Crippen LogP contribution in [0.4, 0.5) is 14.6 Å². The number of nitrogens with zero attached hydrogens (tertiary/aromatic N) is 4. The summed E-state index contributed by atoms with van der Waals surface area (Å²) in [6.45, 7) is 0. The number of hydrogen-bond donors (Lipinski definition) is 2. The Balaban J connectivity index is 1.56. The van der Waals surface area contributed by atoms with E-state index in [1.165, 1.54) is 12.3 Å². The van der Waals surface area contributed by atoms with E-state index in [0.29, 0.717) is 33.6 Å². The van der Waals surface area contributed by atoms with Gasteiger partial charge in [-0.15, -0.1) is 0 Å². The Bertz CT molecular complexity index is 1220. The van der Waals surface area contributed by atoms with Gasteiger partial charge in [0.2, 0.25) is 5.91 Å². The fraction of sp³-hybridized carbons (Fsp3) is 0.176. The third kappa shape index (κ3) is 2.67. The van der Waals surface area contributed by atoms with E-state index in [1.54, 1.807) is 23.0 Å². The molecule has 27 heavy (non-hydrogen) atoms. The van der Waals surface area contributed by atoms with Crippen molar-refractivity contribution in [2.24, 2.45) is 5.92 Å². The summed E-state index contributed by atoms with van der Waals surface area (Å²) in [6, 6.07) is 1.36. The van der Waals surface area contributed by atoms with E-state index in [9.17, 15) is 13.6 Å². The van der Waals surface area contributed by atoms with Crippen LogP contribution in [0, 0.1) is 11.7 Å². The third-order valence-corrected chi connectivity index (χ3v) is 5.31. The van der Waals surface area contributed by atoms with Gasteiger partial charge in [-0.2, -0.15) is 5.10 Å². The Morgan fingerprint density at radius 1 is 1.37 bits per heavy atom. The molecule has 4 aromatic rings. The van der Waals surface area contributed by atoms with Crippen LogP contribution in [0.3, 0.4) is 0 Å². The monoisotopic (exact) mass is 432 g/mol. The summed E-state index contributed by atoms with van der Waals surface area (Å²) in [5.74, 6) is -1.11. The lowest BCUT2D eigenvalue weighted by Crippen LogP contribution is -2.15. The molecule has 1 saturated carbocycles. The minimum atomic E-state index is -1.07. The molecule has 0 spiro atoms. The number of rotatable bonds is 3. The first-order chi connectivity index (χ1) is 13.0. The number of hydrogen-bond acceptors (Lipinski definition) is 4. The molecule has 0 aliphatic heterocycles. The Morgan fingerprint density at radius 3 is 2.96 bits per heavy atom. The number of benzene rings is 1. The van der Waals surface area contributed by atoms with Gasteiger partial charge >= 0.3 is 0 Å². The Labute approximate surface area is 158 Å². The zero-order chi connectivity index (χ0) is 18.7. The summed E-state index contributed by atoms with van der Waals surface area (Å²) in [7, 11) is 0. The molecule has 10 heteroatoms. The molecule has 1 aromatic carbocycles. The van der Waals surface area contributed by atoms with Crippen LogP contribution in [-0.2, 0) is 4.79 Å². The SMILES string of the molecule is O=C(Nc1cn2cc(-c3c(Br)c(F)cc4[nH]ncc34)ncc2n1)C1CC1F. The van der Waals surface area contributed by atoms with Crippen molar-refractivity contribution in [2.75, 3.05) is 5.32 Å². The molecule has 3 heterocycles. The topological polar surface area (TPSA) is 88.0 Å². The van der Waals surface area contributed by atoms with E-state index in [1.807, 2.05) is 0 Å². The quantitative estimate of drug-likeness (QED) is 0.518. The first-order valence-electron chi connectivity index (χ1n) is 8.12. The molecule has 2 unspecified atom stereocenters. The highest BCUT2D eigenvalue weighted by molar-refractivity contribution is 9.10. The first kappa shape index (κ1) is 16.3. The predicted octanol–water partition coefficient (Wildman–Crippen LogP) is 3.47. The van der Waals surface area contributed by atoms with Crippen molar-refractivity contribution in [3.63, 3.8) is 0 Å². The molecule has 7 nitrogen and oxygen atoms in total. The first-order valence-corrected chi connectivity index (χ1v) is 8.91. The van der Waals surface area contributed by atoms with Gasteiger partial charge in [-0.25, -0.2) is 13.8 Å². The molecule has 5 rings (SSSR count). The van der Waals surface area contributed by atoms with E-state index in [4.69, 9.17) is 0 Å². The molecule has 0 saturated heterocycles. The van der Waals surface area contributed by atoms with Crippen molar-refractivity contribution in [3.05, 3.63) is 41.1 Å². The van der Waals surface area contributed by atoms with Gasteiger partial charge in [0.05, 0.1) is 40.2 Å². The largest absolute Gasteiger partial charge is 0.309 e. The maximum atomic E-state index is 14.2. The Hall–Kier alpha value is -2.88. The third-order valence-electron chi connectivity index (χ3n) is 4.54. The van der Waals surface area contributed by atoms with Gasteiger partial charge in [-0.3, -0.25) is 14.9 Å². The second kappa shape index (κ2) is 5.81. The highest BCUT2D eigenvalue weighted by Gasteiger charge is 2.43. The van der Waals surface area contributed by atoms with E-state index in [2.05, 4.69) is 41.4 Å². The van der Waals surface area contributed by atoms with Gasteiger partial charge in [0.1, 0.15) is 12.0 Å². The zero-order valence-electron chi connectivity index (χ0n) is 13.6. The molecule has 136 valence electrons. The highest BCUT2D eigenvalue weighted by Crippen LogP contribution is 2.36. The fourth-order valence-corrected chi connectivity index (χ4v) is 3.56. The number of H-pyrrole nitrogens is 1. The summed E-state index contributed by atoms with van der Waals surface area (Å²) in [6.07, 6.45) is 5.58. The van der Waals surface area contributed by atoms with Crippen molar-refractivity contribution in [3.8, 4) is 11.3 Å². The normalized spacial score (nSPS) is 18.9. The number of alkyl halides is 1. The fourth-order valence-electron chi connectivity index (χ4n) is 3.03. The summed E-state index contributed by atoms with van der Waals surface area (Å²) >= 11 is 3.28. The molecular weight excluding hydrogens is 422 g/mol. The molecule has 1 fully saturated rings. The summed E-state index contributed by atoms with van der Waals surface area (Å²) in [5.41, 5.74) is 2.11. The van der Waals surface area contributed by atoms with Gasteiger partial charge in [0, 0.05) is 23.2 Å². The standard InChI is InChI=1S/C17H11BrF2N6O/c18-16-10(20)2-11-8(3-22-25-11)15(16)12-5-26-6-13(23-14(26)4-21-12)24-17(27)7-1-9(7)19/h2-7,9H,1H2,(H,22,25)(H,24,27). The molecular formula is C17H11BrF2N6O. The number of nitrogens with one attached hydrogen (secondary N) is 2. The maximum Gasteiger partial charge on any atom is 0.231 e.